The third kappa shape index (κ3) is 8.27. The van der Waals surface area contributed by atoms with E-state index in [1.165, 1.54) is 5.56 Å². The summed E-state index contributed by atoms with van der Waals surface area (Å²) in [6.07, 6.45) is 3.81. The second kappa shape index (κ2) is 13.7. The van der Waals surface area contributed by atoms with Crippen molar-refractivity contribution in [3.63, 3.8) is 0 Å². The van der Waals surface area contributed by atoms with E-state index in [1.54, 1.807) is 7.11 Å². The molecule has 1 aliphatic rings. The molecule has 2 aromatic carbocycles. The Hall–Kier alpha value is -2.12. The first kappa shape index (κ1) is 26.5. The van der Waals surface area contributed by atoms with E-state index in [2.05, 4.69) is 36.9 Å². The van der Waals surface area contributed by atoms with Gasteiger partial charge in [-0.25, -0.2) is 0 Å². The van der Waals surface area contributed by atoms with Gasteiger partial charge in [0.05, 0.1) is 38.6 Å². The Morgan fingerprint density at radius 2 is 1.71 bits per heavy atom. The summed E-state index contributed by atoms with van der Waals surface area (Å²) in [6.45, 7) is 5.49. The molecule has 0 radical (unpaired) electrons. The third-order valence-electron chi connectivity index (χ3n) is 6.43. The van der Waals surface area contributed by atoms with Crippen LogP contribution < -0.4 is 0 Å². The Bertz CT molecular complexity index is 955. The van der Waals surface area contributed by atoms with Gasteiger partial charge in [0.2, 0.25) is 0 Å². The molecule has 1 fully saturated rings. The minimum absolute atomic E-state index is 0.0123. The zero-order valence-corrected chi connectivity index (χ0v) is 20.0. The number of aryl methyl sites for hydroxylation is 1. The molecule has 4 nitrogen and oxygen atoms in total. The molecule has 2 aromatic rings. The van der Waals surface area contributed by atoms with Gasteiger partial charge < -0.3 is 19.3 Å². The summed E-state index contributed by atoms with van der Waals surface area (Å²) < 4.78 is 42.0. The highest BCUT2D eigenvalue weighted by Gasteiger charge is 2.31. The van der Waals surface area contributed by atoms with E-state index in [-0.39, 0.29) is 18.8 Å². The van der Waals surface area contributed by atoms with E-state index >= 15 is 0 Å². The Kier molecular flexibility index (Phi) is 10.7. The van der Waals surface area contributed by atoms with Crippen molar-refractivity contribution in [2.24, 2.45) is 0 Å². The summed E-state index contributed by atoms with van der Waals surface area (Å²) >= 11 is 0. The minimum Gasteiger partial charge on any atom is -0.392 e. The van der Waals surface area contributed by atoms with Gasteiger partial charge in [-0.3, -0.25) is 0 Å². The molecule has 0 bridgehead atoms. The van der Waals surface area contributed by atoms with Crippen LogP contribution in [0.2, 0.25) is 0 Å². The zero-order valence-electron chi connectivity index (χ0n) is 20.0. The molecule has 6 heteroatoms. The van der Waals surface area contributed by atoms with Gasteiger partial charge >= 0.3 is 0 Å². The van der Waals surface area contributed by atoms with E-state index in [0.717, 1.165) is 47.2 Å². The Balaban J connectivity index is 1.69. The largest absolute Gasteiger partial charge is 0.392 e. The molecule has 3 rings (SSSR count). The molecule has 1 saturated carbocycles. The van der Waals surface area contributed by atoms with Crippen LogP contribution in [0.5, 0.6) is 0 Å². The van der Waals surface area contributed by atoms with Gasteiger partial charge in [-0.2, -0.15) is 8.78 Å². The maximum absolute atomic E-state index is 12.3. The lowest BCUT2D eigenvalue weighted by Crippen LogP contribution is -2.33. The molecule has 3 unspecified atom stereocenters. The predicted octanol–water partition coefficient (Wildman–Crippen LogP) is 6.18. The average molecular weight is 475 g/mol. The average Bonchev–Trinajstić information content (AvgIpc) is 2.83. The SMILES string of the molecule is C=C(CO)CCOC1CC(OCCOC)CC(c2ccc3cc(CCC=C(F)F)ccc3c2)C1. The third-order valence-corrected chi connectivity index (χ3v) is 6.43. The highest BCUT2D eigenvalue weighted by atomic mass is 19.3. The van der Waals surface area contributed by atoms with Crippen molar-refractivity contribution in [3.05, 3.63) is 71.8 Å². The molecule has 186 valence electrons. The summed E-state index contributed by atoms with van der Waals surface area (Å²) in [5, 5.41) is 11.4. The molecule has 0 saturated heterocycles. The Morgan fingerprint density at radius 1 is 1.00 bits per heavy atom. The van der Waals surface area contributed by atoms with Crippen LogP contribution in [-0.2, 0) is 20.6 Å². The topological polar surface area (TPSA) is 47.9 Å². The number of ether oxygens (including phenoxy) is 3. The van der Waals surface area contributed by atoms with Gasteiger partial charge in [-0.15, -0.1) is 0 Å². The standard InChI is InChI=1S/C28H36F2O4/c1-20(19-31)10-11-33-26-16-25(17-27(18-26)34-13-12-32-2)24-9-8-22-14-21(4-3-5-28(29)30)6-7-23(22)15-24/h5-9,14-15,25-27,31H,1,3-4,10-13,16-19H2,2H3. The molecule has 1 aliphatic carbocycles. The number of fused-ring (bicyclic) bond motifs is 1. The molecule has 0 spiro atoms. The number of allylic oxidation sites excluding steroid dienone is 1. The number of methoxy groups -OCH3 is 1. The molecular formula is C28H36F2O4. The molecular weight excluding hydrogens is 438 g/mol. The van der Waals surface area contributed by atoms with Crippen molar-refractivity contribution >= 4 is 10.8 Å². The number of hydrogen-bond donors (Lipinski definition) is 1. The van der Waals surface area contributed by atoms with E-state index < -0.39 is 6.08 Å². The fourth-order valence-electron chi connectivity index (χ4n) is 4.58. The van der Waals surface area contributed by atoms with Gasteiger partial charge in [0.25, 0.3) is 6.08 Å². The van der Waals surface area contributed by atoms with Gasteiger partial charge in [0.1, 0.15) is 0 Å². The van der Waals surface area contributed by atoms with Crippen molar-refractivity contribution < 1.29 is 28.1 Å². The Labute approximate surface area is 201 Å². The summed E-state index contributed by atoms with van der Waals surface area (Å²) in [5.41, 5.74) is 3.09. The zero-order chi connectivity index (χ0) is 24.3. The summed E-state index contributed by atoms with van der Waals surface area (Å²) in [5.74, 6) is 0.314. The van der Waals surface area contributed by atoms with Crippen molar-refractivity contribution in [2.45, 2.75) is 56.7 Å². The minimum atomic E-state index is -1.62. The monoisotopic (exact) mass is 474 g/mol. The molecule has 34 heavy (non-hydrogen) atoms. The van der Waals surface area contributed by atoms with E-state index in [4.69, 9.17) is 14.2 Å². The first-order valence-electron chi connectivity index (χ1n) is 12.0. The van der Waals surface area contributed by atoms with E-state index in [0.29, 0.717) is 45.0 Å². The fraction of sp³-hybridized carbons (Fsp3) is 0.500. The first-order chi connectivity index (χ1) is 16.5. The number of hydrogen-bond acceptors (Lipinski definition) is 4. The highest BCUT2D eigenvalue weighted by Crippen LogP contribution is 2.37. The van der Waals surface area contributed by atoms with Gasteiger partial charge in [0.15, 0.2) is 0 Å². The van der Waals surface area contributed by atoms with Crippen molar-refractivity contribution in [1.82, 2.24) is 0 Å². The van der Waals surface area contributed by atoms with Gasteiger partial charge in [0, 0.05) is 7.11 Å². The van der Waals surface area contributed by atoms with Crippen LogP contribution in [0, 0.1) is 0 Å². The van der Waals surface area contributed by atoms with Crippen LogP contribution >= 0.6 is 0 Å². The first-order valence-corrected chi connectivity index (χ1v) is 12.0. The number of halogens is 2. The van der Waals surface area contributed by atoms with E-state index in [1.807, 2.05) is 6.07 Å². The molecule has 0 aliphatic heterocycles. The van der Waals surface area contributed by atoms with Crippen LogP contribution in [0.25, 0.3) is 10.8 Å². The molecule has 1 N–H and O–H groups in total. The summed E-state index contributed by atoms with van der Waals surface area (Å²) in [6, 6.07) is 12.7. The van der Waals surface area contributed by atoms with Gasteiger partial charge in [-0.1, -0.05) is 43.0 Å². The summed E-state index contributed by atoms with van der Waals surface area (Å²) in [7, 11) is 1.67. The quantitative estimate of drug-likeness (QED) is 0.278. The number of aliphatic hydroxyl groups is 1. The van der Waals surface area contributed by atoms with E-state index in [9.17, 15) is 13.9 Å². The van der Waals surface area contributed by atoms with Crippen molar-refractivity contribution in [3.8, 4) is 0 Å². The molecule has 0 aromatic heterocycles. The maximum atomic E-state index is 12.3. The second-order valence-electron chi connectivity index (χ2n) is 9.01. The van der Waals surface area contributed by atoms with Crippen LogP contribution in [0.3, 0.4) is 0 Å². The lowest BCUT2D eigenvalue weighted by atomic mass is 9.80. The van der Waals surface area contributed by atoms with Crippen LogP contribution in [-0.4, -0.2) is 50.9 Å². The number of rotatable bonds is 13. The van der Waals surface area contributed by atoms with Crippen LogP contribution in [0.15, 0.2) is 60.7 Å². The molecule has 3 atom stereocenters. The van der Waals surface area contributed by atoms with Crippen LogP contribution in [0.1, 0.15) is 49.1 Å². The molecule has 0 heterocycles. The maximum Gasteiger partial charge on any atom is 0.266 e. The van der Waals surface area contributed by atoms with Crippen LogP contribution in [0.4, 0.5) is 8.78 Å². The second-order valence-corrected chi connectivity index (χ2v) is 9.01. The van der Waals surface area contributed by atoms with Crippen molar-refractivity contribution in [2.75, 3.05) is 33.5 Å². The summed E-state index contributed by atoms with van der Waals surface area (Å²) in [4.78, 5) is 0. The predicted molar refractivity (Wildman–Crippen MR) is 131 cm³/mol. The highest BCUT2D eigenvalue weighted by molar-refractivity contribution is 5.84. The number of aliphatic hydroxyl groups excluding tert-OH is 1. The van der Waals surface area contributed by atoms with Crippen molar-refractivity contribution in [1.29, 1.82) is 0 Å². The Morgan fingerprint density at radius 3 is 2.41 bits per heavy atom. The fourth-order valence-corrected chi connectivity index (χ4v) is 4.58. The molecule has 0 amide bonds. The lowest BCUT2D eigenvalue weighted by Gasteiger charge is -2.35. The lowest BCUT2D eigenvalue weighted by molar-refractivity contribution is -0.0595. The number of benzene rings is 2. The van der Waals surface area contributed by atoms with Gasteiger partial charge in [-0.05, 0) is 78.0 Å². The normalized spacial score (nSPS) is 20.4. The smallest absolute Gasteiger partial charge is 0.266 e.